The van der Waals surface area contributed by atoms with Crippen molar-refractivity contribution in [2.75, 3.05) is 6.54 Å². The second kappa shape index (κ2) is 15.2. The first-order valence-corrected chi connectivity index (χ1v) is 13.6. The number of nitrogens with two attached hydrogens (primary N) is 1. The lowest BCUT2D eigenvalue weighted by Crippen LogP contribution is -2.49. The molecule has 4 N–H and O–H groups in total. The van der Waals surface area contributed by atoms with Crippen LogP contribution >= 0.6 is 0 Å². The van der Waals surface area contributed by atoms with Gasteiger partial charge in [-0.05, 0) is 74.6 Å². The fourth-order valence-corrected chi connectivity index (χ4v) is 4.78. The molecule has 1 aliphatic rings. The fraction of sp³-hybridized carbons (Fsp3) is 0.581. The van der Waals surface area contributed by atoms with Gasteiger partial charge in [-0.1, -0.05) is 71.0 Å². The third-order valence-corrected chi connectivity index (χ3v) is 6.72. The van der Waals surface area contributed by atoms with Crippen molar-refractivity contribution in [3.8, 4) is 0 Å². The van der Waals surface area contributed by atoms with Crippen LogP contribution in [-0.4, -0.2) is 24.5 Å². The predicted molar refractivity (Wildman–Crippen MR) is 153 cm³/mol. The molecule has 1 aromatic rings. The number of nitrogens with one attached hydrogen (secondary N) is 2. The van der Waals surface area contributed by atoms with Gasteiger partial charge >= 0.3 is 0 Å². The molecule has 0 spiro atoms. The molecule has 37 heavy (non-hydrogen) atoms. The van der Waals surface area contributed by atoms with E-state index in [1.165, 1.54) is 31.1 Å². The molecule has 4 nitrogen and oxygen atoms in total. The molecule has 1 aliphatic carbocycles. The van der Waals surface area contributed by atoms with E-state index in [0.29, 0.717) is 25.0 Å². The minimum atomic E-state index is -0.689. The number of carbonyl (C=O) groups is 1. The summed E-state index contributed by atoms with van der Waals surface area (Å²) in [6.07, 6.45) is 6.86. The van der Waals surface area contributed by atoms with Crippen molar-refractivity contribution >= 4 is 5.91 Å². The summed E-state index contributed by atoms with van der Waals surface area (Å²) < 4.78 is 26.8. The van der Waals surface area contributed by atoms with Crippen LogP contribution in [0, 0.1) is 0 Å². The molecule has 0 bridgehead atoms. The molecule has 0 unspecified atom stereocenters. The average molecular weight is 518 g/mol. The van der Waals surface area contributed by atoms with Crippen LogP contribution in [0.3, 0.4) is 0 Å². The maximum absolute atomic E-state index is 13.9. The highest BCUT2D eigenvalue weighted by Crippen LogP contribution is 2.38. The highest BCUT2D eigenvalue weighted by atomic mass is 19.1. The molecule has 1 fully saturated rings. The number of hydrogen-bond acceptors (Lipinski definition) is 3. The van der Waals surface area contributed by atoms with Crippen LogP contribution in [-0.2, 0) is 15.7 Å². The molecule has 1 aromatic carbocycles. The monoisotopic (exact) mass is 517 g/mol. The molecular weight excluding hydrogens is 468 g/mol. The van der Waals surface area contributed by atoms with Gasteiger partial charge in [0.05, 0.1) is 5.83 Å². The first-order valence-electron chi connectivity index (χ1n) is 13.6. The highest BCUT2D eigenvalue weighted by molar-refractivity contribution is 5.73. The molecule has 0 aromatic heterocycles. The van der Waals surface area contributed by atoms with E-state index < -0.39 is 11.7 Å². The van der Waals surface area contributed by atoms with Gasteiger partial charge in [0.15, 0.2) is 0 Å². The Labute approximate surface area is 223 Å². The summed E-state index contributed by atoms with van der Waals surface area (Å²) in [5.41, 5.74) is 9.18. The van der Waals surface area contributed by atoms with Crippen molar-refractivity contribution in [1.29, 1.82) is 0 Å². The summed E-state index contributed by atoms with van der Waals surface area (Å²) in [6, 6.07) is 8.82. The second-order valence-corrected chi connectivity index (χ2v) is 11.0. The van der Waals surface area contributed by atoms with Crippen LogP contribution in [0.15, 0.2) is 60.2 Å². The first kappa shape index (κ1) is 32.7. The number of halogens is 2. The zero-order chi connectivity index (χ0) is 28.2. The Morgan fingerprint density at radius 3 is 2.35 bits per heavy atom. The minimum absolute atomic E-state index is 0.0534. The molecule has 2 rings (SSSR count). The Morgan fingerprint density at radius 2 is 1.81 bits per heavy atom. The maximum Gasteiger partial charge on any atom is 0.217 e. The van der Waals surface area contributed by atoms with Gasteiger partial charge in [0.1, 0.15) is 5.83 Å². The molecule has 0 saturated heterocycles. The summed E-state index contributed by atoms with van der Waals surface area (Å²) in [7, 11) is 0. The van der Waals surface area contributed by atoms with Crippen LogP contribution < -0.4 is 16.4 Å². The Morgan fingerprint density at radius 1 is 1.19 bits per heavy atom. The van der Waals surface area contributed by atoms with Crippen molar-refractivity contribution in [2.24, 2.45) is 5.73 Å². The normalized spacial score (nSPS) is 21.5. The Hall–Kier alpha value is -2.31. The standard InChI is InChI=1S/C29H43F2N3O.C2H6/c1-20(16-25(31)18-21(2)30)17-27(34-22(3)35)12-15-33-29(13-10-26(32)11-14-29)24-9-7-8-23(19-24)28(4,5)6;1-2/h7-9,16,18-19,26-27,33H,1,10-15,17,32H2,2-6H3,(H,34,35);1-2H3/b21-18+,25-16+;/t26?,27-,29?;/m1./s1. The molecule has 1 atom stereocenters. The molecule has 0 aliphatic heterocycles. The van der Waals surface area contributed by atoms with Gasteiger partial charge in [0.2, 0.25) is 5.91 Å². The van der Waals surface area contributed by atoms with Gasteiger partial charge < -0.3 is 16.4 Å². The largest absolute Gasteiger partial charge is 0.353 e. The van der Waals surface area contributed by atoms with Gasteiger partial charge in [-0.15, -0.1) is 0 Å². The Balaban J connectivity index is 0.00000334. The lowest BCUT2D eigenvalue weighted by molar-refractivity contribution is -0.119. The molecule has 1 amide bonds. The molecule has 6 heteroatoms. The highest BCUT2D eigenvalue weighted by Gasteiger charge is 2.36. The lowest BCUT2D eigenvalue weighted by Gasteiger charge is -2.42. The van der Waals surface area contributed by atoms with Crippen LogP contribution in [0.4, 0.5) is 8.78 Å². The molecule has 0 radical (unpaired) electrons. The van der Waals surface area contributed by atoms with Gasteiger partial charge in [-0.25, -0.2) is 8.78 Å². The summed E-state index contributed by atoms with van der Waals surface area (Å²) in [6.45, 7) is 17.9. The first-order chi connectivity index (χ1) is 17.3. The van der Waals surface area contributed by atoms with E-state index >= 15 is 0 Å². The van der Waals surface area contributed by atoms with E-state index in [1.807, 2.05) is 13.8 Å². The molecule has 1 saturated carbocycles. The molecule has 208 valence electrons. The van der Waals surface area contributed by atoms with Gasteiger partial charge in [0, 0.05) is 30.6 Å². The van der Waals surface area contributed by atoms with E-state index in [1.54, 1.807) is 0 Å². The number of hydrogen-bond donors (Lipinski definition) is 3. The van der Waals surface area contributed by atoms with Crippen LogP contribution in [0.5, 0.6) is 0 Å². The van der Waals surface area contributed by atoms with Crippen LogP contribution in [0.2, 0.25) is 0 Å². The predicted octanol–water partition coefficient (Wildman–Crippen LogP) is 7.26. The van der Waals surface area contributed by atoms with E-state index in [4.69, 9.17) is 5.73 Å². The minimum Gasteiger partial charge on any atom is -0.353 e. The quantitative estimate of drug-likeness (QED) is 0.286. The van der Waals surface area contributed by atoms with Crippen molar-refractivity contribution < 1.29 is 13.6 Å². The number of rotatable bonds is 10. The summed E-state index contributed by atoms with van der Waals surface area (Å²) in [4.78, 5) is 11.8. The lowest BCUT2D eigenvalue weighted by atomic mass is 9.73. The van der Waals surface area contributed by atoms with Crippen molar-refractivity contribution in [3.05, 3.63) is 71.4 Å². The van der Waals surface area contributed by atoms with Crippen molar-refractivity contribution in [1.82, 2.24) is 10.6 Å². The van der Waals surface area contributed by atoms with E-state index in [9.17, 15) is 13.6 Å². The zero-order valence-electron chi connectivity index (χ0n) is 24.0. The number of allylic oxidation sites excluding steroid dienone is 4. The molecular formula is C31H49F2N3O. The Kier molecular flexibility index (Phi) is 13.4. The van der Waals surface area contributed by atoms with Crippen molar-refractivity contribution in [2.45, 2.75) is 110 Å². The SMILES string of the molecule is C=C(/C=C(F)\C=C(/C)F)C[C@@H](CCNC1(c2cccc(C(C)(C)C)c2)CCC(N)CC1)NC(C)=O.CC. The van der Waals surface area contributed by atoms with Crippen molar-refractivity contribution in [3.63, 3.8) is 0 Å². The van der Waals surface area contributed by atoms with Gasteiger partial charge in [-0.3, -0.25) is 4.79 Å². The fourth-order valence-electron chi connectivity index (χ4n) is 4.78. The summed E-state index contributed by atoms with van der Waals surface area (Å²) >= 11 is 0. The van der Waals surface area contributed by atoms with E-state index in [0.717, 1.165) is 31.8 Å². The van der Waals surface area contributed by atoms with Crippen LogP contribution in [0.25, 0.3) is 0 Å². The van der Waals surface area contributed by atoms with E-state index in [-0.39, 0.29) is 28.9 Å². The molecule has 0 heterocycles. The van der Waals surface area contributed by atoms with Gasteiger partial charge in [0.25, 0.3) is 0 Å². The Bertz CT molecular complexity index is 934. The third-order valence-electron chi connectivity index (χ3n) is 6.72. The topological polar surface area (TPSA) is 67.2 Å². The maximum atomic E-state index is 13.9. The third kappa shape index (κ3) is 11.3. The number of amides is 1. The van der Waals surface area contributed by atoms with Crippen LogP contribution in [0.1, 0.15) is 98.1 Å². The van der Waals surface area contributed by atoms with Gasteiger partial charge in [-0.2, -0.15) is 0 Å². The summed E-state index contributed by atoms with van der Waals surface area (Å²) in [5.74, 6) is -1.45. The van der Waals surface area contributed by atoms with E-state index in [2.05, 4.69) is 62.2 Å². The summed E-state index contributed by atoms with van der Waals surface area (Å²) in [5, 5.41) is 6.76. The second-order valence-electron chi connectivity index (χ2n) is 11.0. The average Bonchev–Trinajstić information content (AvgIpc) is 2.80. The smallest absolute Gasteiger partial charge is 0.217 e. The number of benzene rings is 1. The number of carbonyl (C=O) groups excluding carboxylic acids is 1. The zero-order valence-corrected chi connectivity index (χ0v) is 24.0.